The minimum atomic E-state index is 0.365. The first-order valence-corrected chi connectivity index (χ1v) is 7.19. The van der Waals surface area contributed by atoms with E-state index in [1.54, 1.807) is 13.3 Å². The SMILES string of the molecule is COc1ncccc1COc1ccc(CBr)cc1Cl. The van der Waals surface area contributed by atoms with Crippen molar-refractivity contribution in [3.63, 3.8) is 0 Å². The predicted molar refractivity (Wildman–Crippen MR) is 79.2 cm³/mol. The molecule has 1 aromatic heterocycles. The van der Waals surface area contributed by atoms with Crippen molar-refractivity contribution in [2.75, 3.05) is 7.11 Å². The van der Waals surface area contributed by atoms with Crippen LogP contribution in [0.3, 0.4) is 0 Å². The van der Waals surface area contributed by atoms with Crippen LogP contribution < -0.4 is 9.47 Å². The van der Waals surface area contributed by atoms with Gasteiger partial charge in [0.1, 0.15) is 12.4 Å². The second-order valence-electron chi connectivity index (χ2n) is 3.86. The van der Waals surface area contributed by atoms with Crippen molar-refractivity contribution in [2.45, 2.75) is 11.9 Å². The summed E-state index contributed by atoms with van der Waals surface area (Å²) >= 11 is 9.54. The van der Waals surface area contributed by atoms with E-state index < -0.39 is 0 Å². The lowest BCUT2D eigenvalue weighted by Gasteiger charge is -2.10. The van der Waals surface area contributed by atoms with Gasteiger partial charge in [-0.25, -0.2) is 4.98 Å². The quantitative estimate of drug-likeness (QED) is 0.763. The molecule has 0 atom stereocenters. The molecule has 0 fully saturated rings. The van der Waals surface area contributed by atoms with Crippen molar-refractivity contribution in [1.29, 1.82) is 0 Å². The maximum absolute atomic E-state index is 6.16. The van der Waals surface area contributed by atoms with Crippen molar-refractivity contribution >= 4 is 27.5 Å². The molecule has 0 radical (unpaired) electrons. The molecule has 100 valence electrons. The third kappa shape index (κ3) is 3.61. The number of benzene rings is 1. The Kier molecular flexibility index (Phi) is 5.05. The standard InChI is InChI=1S/C14H13BrClNO2/c1-18-14-11(3-2-6-17-14)9-19-13-5-4-10(8-15)7-12(13)16/h2-7H,8-9H2,1H3. The molecule has 5 heteroatoms. The van der Waals surface area contributed by atoms with Crippen molar-refractivity contribution in [2.24, 2.45) is 0 Å². The zero-order valence-corrected chi connectivity index (χ0v) is 12.7. The lowest BCUT2D eigenvalue weighted by atomic mass is 10.2. The fourth-order valence-electron chi connectivity index (χ4n) is 1.62. The Labute approximate surface area is 125 Å². The van der Waals surface area contributed by atoms with Gasteiger partial charge in [-0.05, 0) is 29.8 Å². The molecular formula is C14H13BrClNO2. The fourth-order valence-corrected chi connectivity index (χ4v) is 2.22. The molecule has 0 amide bonds. The van der Waals surface area contributed by atoms with Gasteiger partial charge in [0.15, 0.2) is 0 Å². The van der Waals surface area contributed by atoms with Crippen LogP contribution in [0.4, 0.5) is 0 Å². The van der Waals surface area contributed by atoms with Crippen molar-refractivity contribution in [3.8, 4) is 11.6 Å². The average molecular weight is 343 g/mol. The van der Waals surface area contributed by atoms with Gasteiger partial charge in [-0.15, -0.1) is 0 Å². The summed E-state index contributed by atoms with van der Waals surface area (Å²) < 4.78 is 10.9. The molecule has 0 aliphatic carbocycles. The number of pyridine rings is 1. The number of ether oxygens (including phenoxy) is 2. The number of methoxy groups -OCH3 is 1. The molecule has 0 saturated heterocycles. The maximum atomic E-state index is 6.16. The molecule has 2 aromatic rings. The van der Waals surface area contributed by atoms with Gasteiger partial charge < -0.3 is 9.47 Å². The van der Waals surface area contributed by atoms with Crippen LogP contribution in [-0.2, 0) is 11.9 Å². The van der Waals surface area contributed by atoms with Crippen LogP contribution in [0.15, 0.2) is 36.5 Å². The highest BCUT2D eigenvalue weighted by Gasteiger charge is 2.07. The molecule has 0 saturated carbocycles. The molecule has 0 bridgehead atoms. The highest BCUT2D eigenvalue weighted by Crippen LogP contribution is 2.27. The van der Waals surface area contributed by atoms with E-state index in [2.05, 4.69) is 20.9 Å². The van der Waals surface area contributed by atoms with Crippen LogP contribution in [0.5, 0.6) is 11.6 Å². The van der Waals surface area contributed by atoms with Crippen molar-refractivity contribution in [1.82, 2.24) is 4.98 Å². The van der Waals surface area contributed by atoms with Crippen LogP contribution >= 0.6 is 27.5 Å². The Bertz CT molecular complexity index is 563. The fraction of sp³-hybridized carbons (Fsp3) is 0.214. The van der Waals surface area contributed by atoms with Gasteiger partial charge in [-0.1, -0.05) is 33.6 Å². The molecule has 0 unspecified atom stereocenters. The minimum absolute atomic E-state index is 0.365. The van der Waals surface area contributed by atoms with E-state index in [1.807, 2.05) is 30.3 Å². The number of aromatic nitrogens is 1. The van der Waals surface area contributed by atoms with Gasteiger partial charge in [0.25, 0.3) is 0 Å². The van der Waals surface area contributed by atoms with E-state index in [4.69, 9.17) is 21.1 Å². The summed E-state index contributed by atoms with van der Waals surface area (Å²) in [5, 5.41) is 1.36. The predicted octanol–water partition coefficient (Wildman–Crippen LogP) is 4.22. The van der Waals surface area contributed by atoms with E-state index in [0.717, 1.165) is 16.5 Å². The lowest BCUT2D eigenvalue weighted by molar-refractivity contribution is 0.294. The number of hydrogen-bond donors (Lipinski definition) is 0. The Morgan fingerprint density at radius 2 is 2.16 bits per heavy atom. The summed E-state index contributed by atoms with van der Waals surface area (Å²) in [7, 11) is 1.59. The van der Waals surface area contributed by atoms with Gasteiger partial charge in [0.2, 0.25) is 5.88 Å². The summed E-state index contributed by atoms with van der Waals surface area (Å²) in [6, 6.07) is 9.47. The number of hydrogen-bond acceptors (Lipinski definition) is 3. The third-order valence-corrected chi connectivity index (χ3v) is 3.52. The first-order chi connectivity index (χ1) is 9.24. The number of halogens is 2. The molecule has 1 aromatic carbocycles. The monoisotopic (exact) mass is 341 g/mol. The molecule has 3 nitrogen and oxygen atoms in total. The molecule has 0 aliphatic rings. The van der Waals surface area contributed by atoms with Crippen LogP contribution in [0.1, 0.15) is 11.1 Å². The maximum Gasteiger partial charge on any atom is 0.219 e. The van der Waals surface area contributed by atoms with E-state index in [1.165, 1.54) is 0 Å². The van der Waals surface area contributed by atoms with Crippen molar-refractivity contribution < 1.29 is 9.47 Å². The van der Waals surface area contributed by atoms with E-state index in [-0.39, 0.29) is 0 Å². The van der Waals surface area contributed by atoms with Gasteiger partial charge in [0, 0.05) is 11.5 Å². The summed E-state index contributed by atoms with van der Waals surface area (Å²) in [5.74, 6) is 1.22. The van der Waals surface area contributed by atoms with Gasteiger partial charge in [-0.3, -0.25) is 0 Å². The molecule has 0 N–H and O–H groups in total. The van der Waals surface area contributed by atoms with Crippen molar-refractivity contribution in [3.05, 3.63) is 52.7 Å². The molecule has 19 heavy (non-hydrogen) atoms. The normalized spacial score (nSPS) is 10.3. The Morgan fingerprint density at radius 3 is 2.84 bits per heavy atom. The van der Waals surface area contributed by atoms with Crippen LogP contribution in [0, 0.1) is 0 Å². The summed E-state index contributed by atoms with van der Waals surface area (Å²) in [6.45, 7) is 0.365. The lowest BCUT2D eigenvalue weighted by Crippen LogP contribution is -2.00. The molecule has 0 aliphatic heterocycles. The van der Waals surface area contributed by atoms with E-state index in [0.29, 0.717) is 23.3 Å². The van der Waals surface area contributed by atoms with Crippen LogP contribution in [-0.4, -0.2) is 12.1 Å². The van der Waals surface area contributed by atoms with Gasteiger partial charge in [-0.2, -0.15) is 0 Å². The van der Waals surface area contributed by atoms with Gasteiger partial charge in [0.05, 0.1) is 17.7 Å². The first-order valence-electron chi connectivity index (χ1n) is 5.69. The zero-order valence-electron chi connectivity index (χ0n) is 10.4. The third-order valence-electron chi connectivity index (χ3n) is 2.58. The molecular weight excluding hydrogens is 330 g/mol. The molecule has 2 rings (SSSR count). The van der Waals surface area contributed by atoms with Crippen LogP contribution in [0.2, 0.25) is 5.02 Å². The Morgan fingerprint density at radius 1 is 1.32 bits per heavy atom. The highest BCUT2D eigenvalue weighted by molar-refractivity contribution is 9.08. The average Bonchev–Trinajstić information content (AvgIpc) is 2.46. The number of rotatable bonds is 5. The molecule has 0 spiro atoms. The zero-order chi connectivity index (χ0) is 13.7. The topological polar surface area (TPSA) is 31.4 Å². The number of alkyl halides is 1. The minimum Gasteiger partial charge on any atom is -0.487 e. The largest absolute Gasteiger partial charge is 0.487 e. The second-order valence-corrected chi connectivity index (χ2v) is 4.83. The Hall–Kier alpha value is -1.26. The Balaban J connectivity index is 2.10. The van der Waals surface area contributed by atoms with E-state index in [9.17, 15) is 0 Å². The van der Waals surface area contributed by atoms with E-state index >= 15 is 0 Å². The highest BCUT2D eigenvalue weighted by atomic mass is 79.9. The summed E-state index contributed by atoms with van der Waals surface area (Å²) in [6.07, 6.45) is 1.68. The summed E-state index contributed by atoms with van der Waals surface area (Å²) in [5.41, 5.74) is 1.99. The summed E-state index contributed by atoms with van der Waals surface area (Å²) in [4.78, 5) is 4.12. The smallest absolute Gasteiger partial charge is 0.219 e. The van der Waals surface area contributed by atoms with Gasteiger partial charge >= 0.3 is 0 Å². The second kappa shape index (κ2) is 6.78. The van der Waals surface area contributed by atoms with Crippen LogP contribution in [0.25, 0.3) is 0 Å². The molecule has 1 heterocycles. The first kappa shape index (κ1) is 14.2. The number of nitrogens with zero attached hydrogens (tertiary/aromatic N) is 1.